The largest absolute Gasteiger partial charge is 0.353 e. The first-order valence-electron chi connectivity index (χ1n) is 4.16. The minimum Gasteiger partial charge on any atom is -0.353 e. The molecule has 1 N–H and O–H groups in total. The molecule has 0 aromatic rings. The zero-order chi connectivity index (χ0) is 9.14. The Labute approximate surface area is 71.9 Å². The molecule has 0 aromatic carbocycles. The molecule has 1 aliphatic rings. The minimum absolute atomic E-state index is 0.0177. The van der Waals surface area contributed by atoms with Crippen LogP contribution in [-0.2, 0) is 9.59 Å². The third-order valence-electron chi connectivity index (χ3n) is 1.84. The molecular formula is C8H14N2O2. The summed E-state index contributed by atoms with van der Waals surface area (Å²) in [4.78, 5) is 23.9. The fourth-order valence-corrected chi connectivity index (χ4v) is 1.19. The van der Waals surface area contributed by atoms with Crippen molar-refractivity contribution in [3.63, 3.8) is 0 Å². The molecule has 1 aliphatic heterocycles. The van der Waals surface area contributed by atoms with Crippen LogP contribution in [0.3, 0.4) is 0 Å². The number of amides is 2. The Bertz CT molecular complexity index is 201. The highest BCUT2D eigenvalue weighted by molar-refractivity contribution is 5.86. The Morgan fingerprint density at radius 2 is 2.25 bits per heavy atom. The second kappa shape index (κ2) is 3.56. The van der Waals surface area contributed by atoms with Crippen molar-refractivity contribution in [1.82, 2.24) is 10.2 Å². The zero-order valence-electron chi connectivity index (χ0n) is 7.46. The molecule has 0 atom stereocenters. The van der Waals surface area contributed by atoms with Gasteiger partial charge < -0.3 is 10.2 Å². The third-order valence-corrected chi connectivity index (χ3v) is 1.84. The molecule has 68 valence electrons. The maximum Gasteiger partial charge on any atom is 0.239 e. The summed E-state index contributed by atoms with van der Waals surface area (Å²) in [6, 6.07) is 0. The van der Waals surface area contributed by atoms with E-state index in [4.69, 9.17) is 0 Å². The lowest BCUT2D eigenvalue weighted by Gasteiger charge is -2.27. The van der Waals surface area contributed by atoms with Crippen molar-refractivity contribution < 1.29 is 9.59 Å². The van der Waals surface area contributed by atoms with E-state index in [9.17, 15) is 9.59 Å². The molecule has 0 unspecified atom stereocenters. The summed E-state index contributed by atoms with van der Waals surface area (Å²) in [5.41, 5.74) is 0. The molecule has 0 aliphatic carbocycles. The van der Waals surface area contributed by atoms with E-state index in [2.05, 4.69) is 5.32 Å². The molecule has 12 heavy (non-hydrogen) atoms. The smallest absolute Gasteiger partial charge is 0.239 e. The van der Waals surface area contributed by atoms with Crippen LogP contribution in [0.2, 0.25) is 0 Å². The Morgan fingerprint density at radius 3 is 2.75 bits per heavy atom. The van der Waals surface area contributed by atoms with Crippen LogP contribution in [0.25, 0.3) is 0 Å². The number of carbonyl (C=O) groups excluding carboxylic acids is 2. The van der Waals surface area contributed by atoms with Gasteiger partial charge >= 0.3 is 0 Å². The highest BCUT2D eigenvalue weighted by Gasteiger charge is 2.22. The van der Waals surface area contributed by atoms with Crippen LogP contribution < -0.4 is 5.32 Å². The van der Waals surface area contributed by atoms with Gasteiger partial charge in [-0.25, -0.2) is 0 Å². The van der Waals surface area contributed by atoms with Gasteiger partial charge in [0.2, 0.25) is 11.8 Å². The zero-order valence-corrected chi connectivity index (χ0v) is 7.46. The number of rotatable bonds is 1. The first-order chi connectivity index (χ1) is 5.61. The van der Waals surface area contributed by atoms with Gasteiger partial charge in [0, 0.05) is 19.0 Å². The van der Waals surface area contributed by atoms with Crippen LogP contribution in [-0.4, -0.2) is 36.3 Å². The first kappa shape index (κ1) is 9.03. The number of hydrogen-bond acceptors (Lipinski definition) is 2. The summed E-state index contributed by atoms with van der Waals surface area (Å²) in [6.07, 6.45) is 0. The van der Waals surface area contributed by atoms with Crippen molar-refractivity contribution in [2.75, 3.05) is 19.6 Å². The summed E-state index contributed by atoms with van der Waals surface area (Å²) < 4.78 is 0. The highest BCUT2D eigenvalue weighted by Crippen LogP contribution is 2.02. The first-order valence-corrected chi connectivity index (χ1v) is 4.16. The van der Waals surface area contributed by atoms with Crippen LogP contribution in [0.1, 0.15) is 13.8 Å². The van der Waals surface area contributed by atoms with Crippen LogP contribution in [0, 0.1) is 5.92 Å². The van der Waals surface area contributed by atoms with Gasteiger partial charge in [-0.3, -0.25) is 9.59 Å². The number of carbonyl (C=O) groups is 2. The maximum absolute atomic E-state index is 11.4. The standard InChI is InChI=1S/C8H14N2O2/c1-6(2)8(12)10-4-3-9-7(11)5-10/h6H,3-5H2,1-2H3,(H,9,11). The Kier molecular flexibility index (Phi) is 2.68. The van der Waals surface area contributed by atoms with Crippen molar-refractivity contribution in [2.45, 2.75) is 13.8 Å². The average molecular weight is 170 g/mol. The summed E-state index contributed by atoms with van der Waals surface area (Å²) >= 11 is 0. The predicted molar refractivity (Wildman–Crippen MR) is 44.4 cm³/mol. The van der Waals surface area contributed by atoms with E-state index in [-0.39, 0.29) is 24.3 Å². The number of nitrogens with one attached hydrogen (secondary N) is 1. The topological polar surface area (TPSA) is 49.4 Å². The van der Waals surface area contributed by atoms with Gasteiger partial charge in [-0.2, -0.15) is 0 Å². The molecule has 0 saturated carbocycles. The Balaban J connectivity index is 2.51. The summed E-state index contributed by atoms with van der Waals surface area (Å²) in [5, 5.41) is 2.67. The van der Waals surface area contributed by atoms with E-state index in [0.29, 0.717) is 13.1 Å². The number of piperazine rings is 1. The Hall–Kier alpha value is -1.06. The van der Waals surface area contributed by atoms with E-state index >= 15 is 0 Å². The molecule has 0 bridgehead atoms. The lowest BCUT2D eigenvalue weighted by molar-refractivity contribution is -0.140. The predicted octanol–water partition coefficient (Wildman–Crippen LogP) is -0.399. The molecular weight excluding hydrogens is 156 g/mol. The number of hydrogen-bond donors (Lipinski definition) is 1. The lowest BCUT2D eigenvalue weighted by atomic mass is 10.2. The normalized spacial score (nSPS) is 17.9. The quantitative estimate of drug-likeness (QED) is 0.582. The molecule has 4 nitrogen and oxygen atoms in total. The van der Waals surface area contributed by atoms with Crippen LogP contribution in [0.5, 0.6) is 0 Å². The third kappa shape index (κ3) is 1.96. The van der Waals surface area contributed by atoms with E-state index in [1.54, 1.807) is 4.90 Å². The summed E-state index contributed by atoms with van der Waals surface area (Å²) in [6.45, 7) is 5.13. The maximum atomic E-state index is 11.4. The second-order valence-corrected chi connectivity index (χ2v) is 3.26. The fourth-order valence-electron chi connectivity index (χ4n) is 1.19. The van der Waals surface area contributed by atoms with Gasteiger partial charge in [0.05, 0.1) is 6.54 Å². The van der Waals surface area contributed by atoms with Crippen molar-refractivity contribution in [3.8, 4) is 0 Å². The Morgan fingerprint density at radius 1 is 1.58 bits per heavy atom. The molecule has 0 aromatic heterocycles. The molecule has 1 rings (SSSR count). The van der Waals surface area contributed by atoms with E-state index in [0.717, 1.165) is 0 Å². The molecule has 4 heteroatoms. The number of nitrogens with zero attached hydrogens (tertiary/aromatic N) is 1. The SMILES string of the molecule is CC(C)C(=O)N1CCNC(=O)C1. The van der Waals surface area contributed by atoms with Crippen molar-refractivity contribution in [2.24, 2.45) is 5.92 Å². The molecule has 1 saturated heterocycles. The summed E-state index contributed by atoms with van der Waals surface area (Å²) in [5.74, 6) is -0.0176. The van der Waals surface area contributed by atoms with Gasteiger partial charge in [-0.1, -0.05) is 13.8 Å². The fraction of sp³-hybridized carbons (Fsp3) is 0.750. The van der Waals surface area contributed by atoms with Gasteiger partial charge in [0.1, 0.15) is 0 Å². The second-order valence-electron chi connectivity index (χ2n) is 3.26. The van der Waals surface area contributed by atoms with Gasteiger partial charge in [0.25, 0.3) is 0 Å². The molecule has 1 heterocycles. The van der Waals surface area contributed by atoms with Crippen molar-refractivity contribution >= 4 is 11.8 Å². The van der Waals surface area contributed by atoms with Gasteiger partial charge in [-0.05, 0) is 0 Å². The van der Waals surface area contributed by atoms with Crippen molar-refractivity contribution in [3.05, 3.63) is 0 Å². The van der Waals surface area contributed by atoms with Crippen LogP contribution >= 0.6 is 0 Å². The van der Waals surface area contributed by atoms with E-state index in [1.165, 1.54) is 0 Å². The summed E-state index contributed by atoms with van der Waals surface area (Å²) in [7, 11) is 0. The van der Waals surface area contributed by atoms with Gasteiger partial charge in [-0.15, -0.1) is 0 Å². The van der Waals surface area contributed by atoms with Crippen LogP contribution in [0.4, 0.5) is 0 Å². The molecule has 2 amide bonds. The van der Waals surface area contributed by atoms with Crippen LogP contribution in [0.15, 0.2) is 0 Å². The molecule has 0 spiro atoms. The van der Waals surface area contributed by atoms with Gasteiger partial charge in [0.15, 0.2) is 0 Å². The highest BCUT2D eigenvalue weighted by atomic mass is 16.2. The monoisotopic (exact) mass is 170 g/mol. The van der Waals surface area contributed by atoms with E-state index in [1.807, 2.05) is 13.8 Å². The van der Waals surface area contributed by atoms with Crippen molar-refractivity contribution in [1.29, 1.82) is 0 Å². The lowest BCUT2D eigenvalue weighted by Crippen LogP contribution is -2.51. The van der Waals surface area contributed by atoms with E-state index < -0.39 is 0 Å². The average Bonchev–Trinajstić information content (AvgIpc) is 2.03. The molecule has 1 fully saturated rings. The molecule has 0 radical (unpaired) electrons. The minimum atomic E-state index is -0.0600.